The summed E-state index contributed by atoms with van der Waals surface area (Å²) >= 11 is 0. The third kappa shape index (κ3) is 4.41. The number of hydrogen-bond donors (Lipinski definition) is 0. The summed E-state index contributed by atoms with van der Waals surface area (Å²) in [5.74, 6) is 8.55. The summed E-state index contributed by atoms with van der Waals surface area (Å²) in [6.07, 6.45) is 14.4. The van der Waals surface area contributed by atoms with Crippen LogP contribution >= 0.6 is 0 Å². The molecule has 0 amide bonds. The molecule has 0 aromatic carbocycles. The van der Waals surface area contributed by atoms with Crippen LogP contribution in [0.2, 0.25) is 0 Å². The van der Waals surface area contributed by atoms with Gasteiger partial charge in [0.1, 0.15) is 0 Å². The monoisotopic (exact) mass is 358 g/mol. The fourth-order valence-electron chi connectivity index (χ4n) is 6.57. The van der Waals surface area contributed by atoms with Crippen molar-refractivity contribution in [1.29, 1.82) is 0 Å². The van der Waals surface area contributed by atoms with Gasteiger partial charge in [-0.2, -0.15) is 0 Å². The second-order valence-corrected chi connectivity index (χ2v) is 10.9. The summed E-state index contributed by atoms with van der Waals surface area (Å²) in [7, 11) is 0. The van der Waals surface area contributed by atoms with Gasteiger partial charge in [0, 0.05) is 0 Å². The topological polar surface area (TPSA) is 0 Å². The molecule has 9 unspecified atom stereocenters. The first-order chi connectivity index (χ1) is 12.4. The second kappa shape index (κ2) is 8.83. The van der Waals surface area contributed by atoms with Crippen molar-refractivity contribution in [2.24, 2.45) is 53.3 Å². The van der Waals surface area contributed by atoms with Gasteiger partial charge in [0.2, 0.25) is 0 Å². The molecular formula is C26H46. The third-order valence-electron chi connectivity index (χ3n) is 9.32. The van der Waals surface area contributed by atoms with Crippen molar-refractivity contribution in [3.63, 3.8) is 0 Å². The highest BCUT2D eigenvalue weighted by Gasteiger charge is 2.42. The molecule has 3 aliphatic rings. The quantitative estimate of drug-likeness (QED) is 0.346. The molecule has 3 fully saturated rings. The molecule has 0 saturated heterocycles. The summed E-state index contributed by atoms with van der Waals surface area (Å²) in [4.78, 5) is 0. The van der Waals surface area contributed by atoms with E-state index in [-0.39, 0.29) is 0 Å². The minimum atomic E-state index is 0.821. The SMILES string of the molecule is C=C(CC(C)CC1CCC1C)C(CCC1CCC1C)C1CC(CC)C1C. The summed E-state index contributed by atoms with van der Waals surface area (Å²) in [5, 5.41) is 0. The molecule has 3 saturated carbocycles. The average Bonchev–Trinajstić information content (AvgIpc) is 2.61. The molecule has 26 heavy (non-hydrogen) atoms. The van der Waals surface area contributed by atoms with Crippen LogP contribution in [0, 0.1) is 53.3 Å². The fraction of sp³-hybridized carbons (Fsp3) is 0.923. The van der Waals surface area contributed by atoms with E-state index in [9.17, 15) is 0 Å². The van der Waals surface area contributed by atoms with Crippen LogP contribution in [-0.4, -0.2) is 0 Å². The lowest BCUT2D eigenvalue weighted by molar-refractivity contribution is 0.0348. The molecular weight excluding hydrogens is 312 g/mol. The average molecular weight is 359 g/mol. The fourth-order valence-corrected chi connectivity index (χ4v) is 6.57. The van der Waals surface area contributed by atoms with Crippen molar-refractivity contribution in [1.82, 2.24) is 0 Å². The molecule has 0 heterocycles. The third-order valence-corrected chi connectivity index (χ3v) is 9.32. The van der Waals surface area contributed by atoms with Crippen LogP contribution in [0.4, 0.5) is 0 Å². The highest BCUT2D eigenvalue weighted by atomic mass is 14.5. The van der Waals surface area contributed by atoms with Crippen LogP contribution in [0.5, 0.6) is 0 Å². The van der Waals surface area contributed by atoms with E-state index in [0.717, 1.165) is 53.3 Å². The molecule has 3 aliphatic carbocycles. The van der Waals surface area contributed by atoms with Crippen LogP contribution in [0.1, 0.15) is 98.8 Å². The summed E-state index contributed by atoms with van der Waals surface area (Å²) in [5.41, 5.74) is 1.63. The van der Waals surface area contributed by atoms with Crippen LogP contribution in [0.3, 0.4) is 0 Å². The Morgan fingerprint density at radius 2 is 1.62 bits per heavy atom. The van der Waals surface area contributed by atoms with Gasteiger partial charge in [-0.05, 0) is 98.2 Å². The first-order valence-electron chi connectivity index (χ1n) is 12.1. The summed E-state index contributed by atoms with van der Waals surface area (Å²) < 4.78 is 0. The van der Waals surface area contributed by atoms with Crippen LogP contribution in [0.15, 0.2) is 12.2 Å². The maximum atomic E-state index is 4.69. The van der Waals surface area contributed by atoms with E-state index in [1.807, 2.05) is 0 Å². The molecule has 0 radical (unpaired) electrons. The van der Waals surface area contributed by atoms with E-state index in [1.54, 1.807) is 5.57 Å². The molecule has 0 nitrogen and oxygen atoms in total. The maximum Gasteiger partial charge on any atom is -0.0175 e. The van der Waals surface area contributed by atoms with Crippen molar-refractivity contribution < 1.29 is 0 Å². The first-order valence-corrected chi connectivity index (χ1v) is 12.1. The predicted octanol–water partition coefficient (Wildman–Crippen LogP) is 8.13. The highest BCUT2D eigenvalue weighted by molar-refractivity contribution is 5.08. The second-order valence-electron chi connectivity index (χ2n) is 10.9. The minimum Gasteiger partial charge on any atom is -0.0996 e. The van der Waals surface area contributed by atoms with Crippen molar-refractivity contribution in [2.75, 3.05) is 0 Å². The molecule has 0 N–H and O–H groups in total. The van der Waals surface area contributed by atoms with Crippen molar-refractivity contribution in [3.05, 3.63) is 12.2 Å². The normalized spacial score (nSPS) is 41.5. The van der Waals surface area contributed by atoms with Gasteiger partial charge < -0.3 is 0 Å². The molecule has 150 valence electrons. The first kappa shape index (κ1) is 20.5. The van der Waals surface area contributed by atoms with Gasteiger partial charge in [0.05, 0.1) is 0 Å². The van der Waals surface area contributed by atoms with Crippen LogP contribution in [-0.2, 0) is 0 Å². The van der Waals surface area contributed by atoms with Gasteiger partial charge in [-0.3, -0.25) is 0 Å². The van der Waals surface area contributed by atoms with Crippen molar-refractivity contribution in [2.45, 2.75) is 98.8 Å². The van der Waals surface area contributed by atoms with E-state index in [1.165, 1.54) is 64.2 Å². The Balaban J connectivity index is 1.53. The molecule has 0 spiro atoms. The molecule has 0 aliphatic heterocycles. The Morgan fingerprint density at radius 3 is 2.08 bits per heavy atom. The highest BCUT2D eigenvalue weighted by Crippen LogP contribution is 2.51. The van der Waals surface area contributed by atoms with Crippen LogP contribution in [0.25, 0.3) is 0 Å². The van der Waals surface area contributed by atoms with E-state index < -0.39 is 0 Å². The molecule has 0 aromatic heterocycles. The molecule has 0 heteroatoms. The molecule has 9 atom stereocenters. The predicted molar refractivity (Wildman–Crippen MR) is 115 cm³/mol. The zero-order chi connectivity index (χ0) is 18.8. The Labute approximate surface area is 164 Å². The van der Waals surface area contributed by atoms with Gasteiger partial charge in [0.25, 0.3) is 0 Å². The lowest BCUT2D eigenvalue weighted by Crippen LogP contribution is -2.40. The molecule has 3 rings (SSSR count). The summed E-state index contributed by atoms with van der Waals surface area (Å²) in [6, 6.07) is 0. The Kier molecular flexibility index (Phi) is 6.95. The van der Waals surface area contributed by atoms with Gasteiger partial charge in [-0.25, -0.2) is 0 Å². The maximum absolute atomic E-state index is 4.69. The van der Waals surface area contributed by atoms with Crippen molar-refractivity contribution in [3.8, 4) is 0 Å². The lowest BCUT2D eigenvalue weighted by atomic mass is 9.57. The zero-order valence-electron chi connectivity index (χ0n) is 18.5. The van der Waals surface area contributed by atoms with Gasteiger partial charge in [-0.1, -0.05) is 66.0 Å². The van der Waals surface area contributed by atoms with E-state index in [0.29, 0.717) is 0 Å². The Bertz CT molecular complexity index is 463. The van der Waals surface area contributed by atoms with Gasteiger partial charge >= 0.3 is 0 Å². The Morgan fingerprint density at radius 1 is 0.962 bits per heavy atom. The summed E-state index contributed by atoms with van der Waals surface area (Å²) in [6.45, 7) is 17.0. The van der Waals surface area contributed by atoms with E-state index in [2.05, 4.69) is 34.6 Å². The van der Waals surface area contributed by atoms with Crippen molar-refractivity contribution >= 4 is 0 Å². The number of rotatable bonds is 10. The molecule has 0 bridgehead atoms. The van der Waals surface area contributed by atoms with Gasteiger partial charge in [0.15, 0.2) is 0 Å². The number of hydrogen-bond acceptors (Lipinski definition) is 0. The number of allylic oxidation sites excluding steroid dienone is 1. The lowest BCUT2D eigenvalue weighted by Gasteiger charge is -2.48. The largest absolute Gasteiger partial charge is 0.0996 e. The smallest absolute Gasteiger partial charge is 0.0175 e. The Hall–Kier alpha value is -0.260. The van der Waals surface area contributed by atoms with E-state index >= 15 is 0 Å². The standard InChI is InChI=1S/C26H46/c1-7-22-16-26(21(22)6)25(13-12-23-10-8-18(23)3)20(5)14-17(2)15-24-11-9-19(24)4/h17-19,21-26H,5,7-16H2,1-4,6H3. The molecule has 0 aromatic rings. The van der Waals surface area contributed by atoms with E-state index in [4.69, 9.17) is 6.58 Å². The van der Waals surface area contributed by atoms with Gasteiger partial charge in [-0.15, -0.1) is 0 Å². The minimum absolute atomic E-state index is 0.821. The zero-order valence-corrected chi connectivity index (χ0v) is 18.5. The van der Waals surface area contributed by atoms with Crippen LogP contribution < -0.4 is 0 Å².